The lowest BCUT2D eigenvalue weighted by Gasteiger charge is -2.20. The van der Waals surface area contributed by atoms with E-state index < -0.39 is 0 Å². The third kappa shape index (κ3) is 13.0. The van der Waals surface area contributed by atoms with Gasteiger partial charge in [0, 0.05) is 22.7 Å². The number of anilines is 4. The van der Waals surface area contributed by atoms with E-state index in [1.165, 1.54) is 153 Å². The van der Waals surface area contributed by atoms with Crippen molar-refractivity contribution in [3.8, 4) is 55.6 Å². The van der Waals surface area contributed by atoms with Crippen molar-refractivity contribution in [2.75, 3.05) is 10.6 Å². The van der Waals surface area contributed by atoms with Crippen LogP contribution in [0.4, 0.5) is 22.7 Å². The van der Waals surface area contributed by atoms with Crippen LogP contribution in [-0.2, 0) is 25.7 Å². The van der Waals surface area contributed by atoms with E-state index in [4.69, 9.17) is 0 Å². The van der Waals surface area contributed by atoms with Gasteiger partial charge in [-0.2, -0.15) is 0 Å². The molecule has 0 amide bonds. The summed E-state index contributed by atoms with van der Waals surface area (Å²) in [4.78, 5) is 0. The zero-order valence-corrected chi connectivity index (χ0v) is 43.1. The second-order valence-corrected chi connectivity index (χ2v) is 19.7. The largest absolute Gasteiger partial charge is 0.356 e. The molecule has 0 aromatic heterocycles. The average molecular weight is 921 g/mol. The first-order valence-corrected chi connectivity index (χ1v) is 26.7. The maximum absolute atomic E-state index is 3.71. The van der Waals surface area contributed by atoms with Crippen LogP contribution in [0.1, 0.15) is 125 Å². The highest BCUT2D eigenvalue weighted by Gasteiger charge is 2.16. The van der Waals surface area contributed by atoms with Gasteiger partial charge in [0.05, 0.1) is 0 Å². The van der Waals surface area contributed by atoms with Gasteiger partial charge in [0.25, 0.3) is 0 Å². The van der Waals surface area contributed by atoms with Crippen LogP contribution < -0.4 is 10.6 Å². The number of hydrogen-bond acceptors (Lipinski definition) is 2. The van der Waals surface area contributed by atoms with Gasteiger partial charge in [-0.25, -0.2) is 0 Å². The molecule has 2 heteroatoms. The molecule has 358 valence electrons. The molecule has 0 aliphatic rings. The lowest BCUT2D eigenvalue weighted by Crippen LogP contribution is -2.00. The molecule has 8 aromatic carbocycles. The molecule has 0 spiro atoms. The quantitative estimate of drug-likeness (QED) is 0.0625. The van der Waals surface area contributed by atoms with E-state index in [1.807, 2.05) is 0 Å². The van der Waals surface area contributed by atoms with E-state index in [2.05, 4.69) is 222 Å². The fourth-order valence-corrected chi connectivity index (χ4v) is 10.2. The standard InChI is InChI=1S/C68H76N2/c1-7-11-13-15-19-59-48-68(66-44-42-64(46-50(66)6)70-62-39-35-56(36-40-62)54-27-23-52(18-10-4)24-28-54)60(20-16-14-12-8-2)47-67(59)58-31-29-57(30-32-58)65-43-41-63(45-49(65)5)69-61-37-33-55(34-38-61)53-25-21-51(17-9-3)22-26-53/h21-48,69-70H,7-20H2,1-6H3. The first-order chi connectivity index (χ1) is 34.3. The topological polar surface area (TPSA) is 24.1 Å². The van der Waals surface area contributed by atoms with Gasteiger partial charge in [0.2, 0.25) is 0 Å². The van der Waals surface area contributed by atoms with Crippen LogP contribution in [0.15, 0.2) is 170 Å². The number of hydrogen-bond donors (Lipinski definition) is 2. The summed E-state index contributed by atoms with van der Waals surface area (Å²) in [6.45, 7) is 13.6. The van der Waals surface area contributed by atoms with Crippen LogP contribution in [-0.4, -0.2) is 0 Å². The summed E-state index contributed by atoms with van der Waals surface area (Å²) >= 11 is 0. The minimum Gasteiger partial charge on any atom is -0.356 e. The van der Waals surface area contributed by atoms with Gasteiger partial charge in [-0.1, -0.05) is 200 Å². The summed E-state index contributed by atoms with van der Waals surface area (Å²) < 4.78 is 0. The number of aryl methyl sites for hydroxylation is 6. The van der Waals surface area contributed by atoms with Crippen LogP contribution >= 0.6 is 0 Å². The SMILES string of the molecule is CCCCCCc1cc(-c2ccc(Nc3ccc(-c4ccc(CCC)cc4)cc3)cc2C)c(CCCCCC)cc1-c1ccc(-c2ccc(Nc3ccc(-c4ccc(CCC)cc4)cc3)cc2C)cc1. The number of benzene rings is 8. The fraction of sp³-hybridized carbons (Fsp3) is 0.294. The van der Waals surface area contributed by atoms with Crippen LogP contribution in [0.3, 0.4) is 0 Å². The molecule has 0 fully saturated rings. The van der Waals surface area contributed by atoms with E-state index in [0.717, 1.165) is 48.4 Å². The fourth-order valence-electron chi connectivity index (χ4n) is 10.2. The molecule has 0 aliphatic carbocycles. The van der Waals surface area contributed by atoms with Crippen LogP contribution in [0, 0.1) is 13.8 Å². The predicted molar refractivity (Wildman–Crippen MR) is 306 cm³/mol. The Balaban J connectivity index is 1.02. The minimum atomic E-state index is 1.08. The molecule has 8 rings (SSSR count). The van der Waals surface area contributed by atoms with Crippen LogP contribution in [0.5, 0.6) is 0 Å². The number of unbranched alkanes of at least 4 members (excludes halogenated alkanes) is 6. The lowest BCUT2D eigenvalue weighted by molar-refractivity contribution is 0.664. The van der Waals surface area contributed by atoms with E-state index in [-0.39, 0.29) is 0 Å². The summed E-state index contributed by atoms with van der Waals surface area (Å²) in [6, 6.07) is 64.0. The monoisotopic (exact) mass is 921 g/mol. The molecule has 2 nitrogen and oxygen atoms in total. The van der Waals surface area contributed by atoms with Gasteiger partial charge in [0.15, 0.2) is 0 Å². The van der Waals surface area contributed by atoms with Crippen molar-refractivity contribution < 1.29 is 0 Å². The van der Waals surface area contributed by atoms with Gasteiger partial charge in [-0.15, -0.1) is 0 Å². The van der Waals surface area contributed by atoms with E-state index in [1.54, 1.807) is 0 Å². The maximum atomic E-state index is 3.71. The Hall–Kier alpha value is -6.64. The second kappa shape index (κ2) is 24.8. The van der Waals surface area contributed by atoms with Crippen molar-refractivity contribution in [3.63, 3.8) is 0 Å². The van der Waals surface area contributed by atoms with Crippen molar-refractivity contribution >= 4 is 22.7 Å². The minimum absolute atomic E-state index is 1.08. The van der Waals surface area contributed by atoms with E-state index in [9.17, 15) is 0 Å². The zero-order chi connectivity index (χ0) is 48.7. The molecule has 0 bridgehead atoms. The summed E-state index contributed by atoms with van der Waals surface area (Å²) in [5.41, 5.74) is 25.7. The van der Waals surface area contributed by atoms with E-state index >= 15 is 0 Å². The van der Waals surface area contributed by atoms with Crippen molar-refractivity contribution in [1.29, 1.82) is 0 Å². The normalized spacial score (nSPS) is 11.2. The summed E-state index contributed by atoms with van der Waals surface area (Å²) in [5.74, 6) is 0. The maximum Gasteiger partial charge on any atom is 0.0387 e. The third-order valence-electron chi connectivity index (χ3n) is 14.2. The first kappa shape index (κ1) is 49.8. The summed E-state index contributed by atoms with van der Waals surface area (Å²) in [7, 11) is 0. The average Bonchev–Trinajstić information content (AvgIpc) is 3.38. The number of nitrogens with one attached hydrogen (secondary N) is 2. The van der Waals surface area contributed by atoms with Crippen molar-refractivity contribution in [3.05, 3.63) is 203 Å². The highest BCUT2D eigenvalue weighted by Crippen LogP contribution is 2.39. The molecule has 0 atom stereocenters. The van der Waals surface area contributed by atoms with Crippen LogP contribution in [0.2, 0.25) is 0 Å². The molecule has 70 heavy (non-hydrogen) atoms. The molecular formula is C68H76N2. The van der Waals surface area contributed by atoms with Crippen molar-refractivity contribution in [2.24, 2.45) is 0 Å². The van der Waals surface area contributed by atoms with E-state index in [0.29, 0.717) is 0 Å². The third-order valence-corrected chi connectivity index (χ3v) is 14.2. The molecule has 8 aromatic rings. The molecule has 0 saturated heterocycles. The van der Waals surface area contributed by atoms with Gasteiger partial charge < -0.3 is 10.6 Å². The van der Waals surface area contributed by atoms with Crippen LogP contribution in [0.25, 0.3) is 55.6 Å². The molecule has 0 saturated carbocycles. The summed E-state index contributed by atoms with van der Waals surface area (Å²) in [6.07, 6.45) is 16.7. The van der Waals surface area contributed by atoms with Gasteiger partial charge >= 0.3 is 0 Å². The Morgan fingerprint density at radius 1 is 0.271 bits per heavy atom. The van der Waals surface area contributed by atoms with Crippen molar-refractivity contribution in [2.45, 2.75) is 131 Å². The lowest BCUT2D eigenvalue weighted by atomic mass is 9.85. The first-order valence-electron chi connectivity index (χ1n) is 26.7. The Bertz CT molecular complexity index is 2880. The highest BCUT2D eigenvalue weighted by atomic mass is 14.9. The van der Waals surface area contributed by atoms with Gasteiger partial charge in [-0.3, -0.25) is 0 Å². The Kier molecular flexibility index (Phi) is 17.6. The second-order valence-electron chi connectivity index (χ2n) is 19.7. The Labute approximate surface area is 421 Å². The molecule has 2 N–H and O–H groups in total. The summed E-state index contributed by atoms with van der Waals surface area (Å²) in [5, 5.41) is 7.37. The smallest absolute Gasteiger partial charge is 0.0387 e. The molecular weight excluding hydrogens is 845 g/mol. The van der Waals surface area contributed by atoms with Crippen molar-refractivity contribution in [1.82, 2.24) is 0 Å². The molecule has 0 radical (unpaired) electrons. The molecule has 0 unspecified atom stereocenters. The Morgan fingerprint density at radius 3 is 1.04 bits per heavy atom. The predicted octanol–water partition coefficient (Wildman–Crippen LogP) is 20.3. The Morgan fingerprint density at radius 2 is 0.629 bits per heavy atom. The number of rotatable bonds is 23. The van der Waals surface area contributed by atoms with Gasteiger partial charge in [-0.05, 0) is 190 Å². The highest BCUT2D eigenvalue weighted by molar-refractivity contribution is 5.82. The van der Waals surface area contributed by atoms with Gasteiger partial charge in [0.1, 0.15) is 0 Å². The molecule has 0 heterocycles. The zero-order valence-electron chi connectivity index (χ0n) is 43.1. The molecule has 0 aliphatic heterocycles.